The number of hydrogen-bond donors (Lipinski definition) is 0. The predicted octanol–water partition coefficient (Wildman–Crippen LogP) is 1.90. The Hall–Kier alpha value is -0.510. The fourth-order valence-corrected chi connectivity index (χ4v) is 0.716. The van der Waals surface area contributed by atoms with E-state index in [1.807, 2.05) is 0 Å². The molecule has 0 aliphatic heterocycles. The van der Waals surface area contributed by atoms with Crippen molar-refractivity contribution in [3.8, 4) is 6.07 Å². The summed E-state index contributed by atoms with van der Waals surface area (Å²) in [7, 11) is 0. The van der Waals surface area contributed by atoms with Gasteiger partial charge in [0.25, 0.3) is 0 Å². The number of nitriles is 1. The van der Waals surface area contributed by atoms with Crippen LogP contribution in [-0.2, 0) is 0 Å². The summed E-state index contributed by atoms with van der Waals surface area (Å²) < 4.78 is 0. The predicted molar refractivity (Wildman–Crippen MR) is 31.9 cm³/mol. The molecule has 1 nitrogen and oxygen atoms in total. The van der Waals surface area contributed by atoms with Crippen molar-refractivity contribution < 1.29 is 0 Å². The molecular formula is C7H10N. The van der Waals surface area contributed by atoms with Crippen LogP contribution in [-0.4, -0.2) is 0 Å². The summed E-state index contributed by atoms with van der Waals surface area (Å²) in [5, 5.41) is 8.13. The third kappa shape index (κ3) is 1.97. The second-order valence-electron chi connectivity index (χ2n) is 2.27. The molecule has 1 fully saturated rings. The van der Waals surface area contributed by atoms with Gasteiger partial charge in [-0.25, -0.2) is 0 Å². The second kappa shape index (κ2) is 2.71. The van der Waals surface area contributed by atoms with E-state index < -0.39 is 0 Å². The first-order valence-corrected chi connectivity index (χ1v) is 3.14. The lowest BCUT2D eigenvalue weighted by Crippen LogP contribution is -1.76. The molecule has 1 aliphatic rings. The van der Waals surface area contributed by atoms with Gasteiger partial charge in [-0.05, 0) is 31.6 Å². The van der Waals surface area contributed by atoms with E-state index in [2.05, 4.69) is 12.5 Å². The van der Waals surface area contributed by atoms with Gasteiger partial charge in [-0.2, -0.15) is 5.26 Å². The third-order valence-corrected chi connectivity index (χ3v) is 1.38. The van der Waals surface area contributed by atoms with Crippen molar-refractivity contribution in [3.63, 3.8) is 0 Å². The molecule has 8 heavy (non-hydrogen) atoms. The lowest BCUT2D eigenvalue weighted by atomic mass is 10.2. The molecule has 0 atom stereocenters. The van der Waals surface area contributed by atoms with Crippen molar-refractivity contribution in [3.05, 3.63) is 6.42 Å². The van der Waals surface area contributed by atoms with Crippen molar-refractivity contribution in [2.24, 2.45) is 5.92 Å². The Kier molecular flexibility index (Phi) is 1.91. The maximum Gasteiger partial charge on any atom is 0.0621 e. The van der Waals surface area contributed by atoms with Crippen LogP contribution in [0, 0.1) is 23.7 Å². The van der Waals surface area contributed by atoms with Crippen LogP contribution in [0.15, 0.2) is 0 Å². The summed E-state index contributed by atoms with van der Waals surface area (Å²) in [6.45, 7) is 0. The summed E-state index contributed by atoms with van der Waals surface area (Å²) in [5.41, 5.74) is 0. The van der Waals surface area contributed by atoms with E-state index in [1.165, 1.54) is 12.8 Å². The molecule has 0 unspecified atom stereocenters. The van der Waals surface area contributed by atoms with Crippen LogP contribution in [0.4, 0.5) is 0 Å². The summed E-state index contributed by atoms with van der Waals surface area (Å²) in [6, 6.07) is 2.12. The van der Waals surface area contributed by atoms with Crippen LogP contribution in [0.3, 0.4) is 0 Å². The van der Waals surface area contributed by atoms with E-state index in [0.717, 1.165) is 12.3 Å². The number of unbranched alkanes of at least 4 members (excludes halogenated alkanes) is 1. The zero-order valence-corrected chi connectivity index (χ0v) is 4.93. The van der Waals surface area contributed by atoms with E-state index in [0.29, 0.717) is 6.42 Å². The van der Waals surface area contributed by atoms with Gasteiger partial charge in [0.05, 0.1) is 6.07 Å². The highest BCUT2D eigenvalue weighted by Crippen LogP contribution is 2.32. The summed E-state index contributed by atoms with van der Waals surface area (Å²) in [6.07, 6.45) is 6.71. The maximum atomic E-state index is 8.13. The molecule has 1 aliphatic carbocycles. The second-order valence-corrected chi connectivity index (χ2v) is 2.27. The molecule has 0 spiro atoms. The van der Waals surface area contributed by atoms with Gasteiger partial charge in [0, 0.05) is 6.42 Å². The van der Waals surface area contributed by atoms with E-state index in [1.54, 1.807) is 0 Å². The van der Waals surface area contributed by atoms with Crippen LogP contribution >= 0.6 is 0 Å². The Bertz CT molecular complexity index is 97.4. The van der Waals surface area contributed by atoms with Crippen molar-refractivity contribution in [1.82, 2.24) is 0 Å². The molecule has 0 aromatic carbocycles. The lowest BCUT2D eigenvalue weighted by Gasteiger charge is -1.86. The Morgan fingerprint density at radius 3 is 2.88 bits per heavy atom. The average molecular weight is 108 g/mol. The smallest absolute Gasteiger partial charge is 0.0621 e. The zero-order valence-electron chi connectivity index (χ0n) is 4.93. The first kappa shape index (κ1) is 5.62. The van der Waals surface area contributed by atoms with Gasteiger partial charge in [0.2, 0.25) is 0 Å². The van der Waals surface area contributed by atoms with Crippen LogP contribution in [0.2, 0.25) is 0 Å². The molecular weight excluding hydrogens is 98.1 g/mol. The summed E-state index contributed by atoms with van der Waals surface area (Å²) >= 11 is 0. The molecule has 0 heterocycles. The molecule has 43 valence electrons. The van der Waals surface area contributed by atoms with Gasteiger partial charge in [-0.1, -0.05) is 0 Å². The van der Waals surface area contributed by atoms with E-state index in [-0.39, 0.29) is 0 Å². The third-order valence-electron chi connectivity index (χ3n) is 1.38. The quantitative estimate of drug-likeness (QED) is 0.506. The Labute approximate surface area is 50.3 Å². The van der Waals surface area contributed by atoms with E-state index in [4.69, 9.17) is 5.26 Å². The molecule has 0 bridgehead atoms. The SMILES string of the molecule is N#CCC[CH]C1CC1. The first-order valence-electron chi connectivity index (χ1n) is 3.14. The molecule has 1 heteroatoms. The average Bonchev–Trinajstić information content (AvgIpc) is 2.51. The Balaban J connectivity index is 1.83. The van der Waals surface area contributed by atoms with E-state index in [9.17, 15) is 0 Å². The Morgan fingerprint density at radius 2 is 2.38 bits per heavy atom. The first-order chi connectivity index (χ1) is 3.93. The van der Waals surface area contributed by atoms with Crippen molar-refractivity contribution >= 4 is 0 Å². The Morgan fingerprint density at radius 1 is 1.62 bits per heavy atom. The van der Waals surface area contributed by atoms with Crippen LogP contribution < -0.4 is 0 Å². The van der Waals surface area contributed by atoms with E-state index >= 15 is 0 Å². The van der Waals surface area contributed by atoms with Crippen molar-refractivity contribution in [1.29, 1.82) is 5.26 Å². The van der Waals surface area contributed by atoms with Gasteiger partial charge in [0.15, 0.2) is 0 Å². The van der Waals surface area contributed by atoms with Crippen LogP contribution in [0.25, 0.3) is 0 Å². The van der Waals surface area contributed by atoms with Gasteiger partial charge < -0.3 is 0 Å². The summed E-state index contributed by atoms with van der Waals surface area (Å²) in [4.78, 5) is 0. The molecule has 1 saturated carbocycles. The largest absolute Gasteiger partial charge is 0.198 e. The molecule has 0 aromatic rings. The van der Waals surface area contributed by atoms with Gasteiger partial charge in [-0.15, -0.1) is 0 Å². The normalized spacial score (nSPS) is 17.9. The van der Waals surface area contributed by atoms with Crippen molar-refractivity contribution in [2.45, 2.75) is 25.7 Å². The zero-order chi connectivity index (χ0) is 5.82. The minimum absolute atomic E-state index is 0.705. The molecule has 0 amide bonds. The van der Waals surface area contributed by atoms with Crippen molar-refractivity contribution in [2.75, 3.05) is 0 Å². The maximum absolute atomic E-state index is 8.13. The highest BCUT2D eigenvalue weighted by Gasteiger charge is 2.19. The van der Waals surface area contributed by atoms with Gasteiger partial charge >= 0.3 is 0 Å². The molecule has 0 N–H and O–H groups in total. The number of hydrogen-bond acceptors (Lipinski definition) is 1. The van der Waals surface area contributed by atoms with Gasteiger partial charge in [0.1, 0.15) is 0 Å². The van der Waals surface area contributed by atoms with Crippen LogP contribution in [0.5, 0.6) is 0 Å². The minimum Gasteiger partial charge on any atom is -0.198 e. The summed E-state index contributed by atoms with van der Waals surface area (Å²) in [5.74, 6) is 0.878. The topological polar surface area (TPSA) is 23.8 Å². The molecule has 1 rings (SSSR count). The molecule has 0 aromatic heterocycles. The van der Waals surface area contributed by atoms with Crippen LogP contribution in [0.1, 0.15) is 25.7 Å². The van der Waals surface area contributed by atoms with Gasteiger partial charge in [-0.3, -0.25) is 0 Å². The lowest BCUT2D eigenvalue weighted by molar-refractivity contribution is 0.858. The highest BCUT2D eigenvalue weighted by molar-refractivity contribution is 4.88. The highest BCUT2D eigenvalue weighted by atomic mass is 14.3. The fourth-order valence-electron chi connectivity index (χ4n) is 0.716. The molecule has 0 saturated heterocycles. The monoisotopic (exact) mass is 108 g/mol. The fraction of sp³-hybridized carbons (Fsp3) is 0.714. The standard InChI is InChI=1S/C7H10N/c8-6-2-1-3-7-4-5-7/h3,7H,1-2,4-5H2. The molecule has 1 radical (unpaired) electrons. The minimum atomic E-state index is 0.705. The number of rotatable bonds is 3. The number of nitrogens with zero attached hydrogens (tertiary/aromatic N) is 1.